The van der Waals surface area contributed by atoms with E-state index < -0.39 is 6.09 Å². The SMILES string of the molecule is Cc1ncc(COC(=O)N2CCCC2=O)c(CO)c1O. The Morgan fingerprint density at radius 2 is 2.30 bits per heavy atom. The Labute approximate surface area is 115 Å². The van der Waals surface area contributed by atoms with Crippen LogP contribution in [0.2, 0.25) is 0 Å². The summed E-state index contributed by atoms with van der Waals surface area (Å²) in [4.78, 5) is 28.1. The molecule has 108 valence electrons. The maximum Gasteiger partial charge on any atom is 0.416 e. The minimum atomic E-state index is -0.712. The average molecular weight is 280 g/mol. The second-order valence-corrected chi connectivity index (χ2v) is 4.56. The maximum absolute atomic E-state index is 11.7. The number of aliphatic hydroxyl groups is 1. The minimum Gasteiger partial charge on any atom is -0.506 e. The summed E-state index contributed by atoms with van der Waals surface area (Å²) >= 11 is 0. The molecule has 0 radical (unpaired) electrons. The first kappa shape index (κ1) is 14.3. The van der Waals surface area contributed by atoms with Gasteiger partial charge in [0.2, 0.25) is 5.91 Å². The van der Waals surface area contributed by atoms with Crippen molar-refractivity contribution in [2.24, 2.45) is 0 Å². The van der Waals surface area contributed by atoms with Gasteiger partial charge >= 0.3 is 6.09 Å². The zero-order valence-corrected chi connectivity index (χ0v) is 11.1. The minimum absolute atomic E-state index is 0.113. The van der Waals surface area contributed by atoms with E-state index >= 15 is 0 Å². The normalized spacial score (nSPS) is 14.7. The molecule has 2 amide bonds. The summed E-state index contributed by atoms with van der Waals surface area (Å²) in [5.41, 5.74) is 1.08. The molecule has 0 aromatic carbocycles. The zero-order chi connectivity index (χ0) is 14.7. The number of amides is 2. The molecule has 0 spiro atoms. The molecule has 2 N–H and O–H groups in total. The third-order valence-electron chi connectivity index (χ3n) is 3.23. The summed E-state index contributed by atoms with van der Waals surface area (Å²) in [5.74, 6) is -0.361. The van der Waals surface area contributed by atoms with Gasteiger partial charge in [-0.25, -0.2) is 9.69 Å². The molecule has 1 aromatic rings. The van der Waals surface area contributed by atoms with E-state index in [1.54, 1.807) is 6.92 Å². The molecule has 1 fully saturated rings. The van der Waals surface area contributed by atoms with Crippen LogP contribution in [0.25, 0.3) is 0 Å². The van der Waals surface area contributed by atoms with E-state index in [2.05, 4.69) is 4.98 Å². The van der Waals surface area contributed by atoms with Crippen molar-refractivity contribution in [3.8, 4) is 5.75 Å². The van der Waals surface area contributed by atoms with Crippen LogP contribution in [0.5, 0.6) is 5.75 Å². The van der Waals surface area contributed by atoms with E-state index in [1.807, 2.05) is 0 Å². The van der Waals surface area contributed by atoms with E-state index in [9.17, 15) is 19.8 Å². The number of carbonyl (C=O) groups excluding carboxylic acids is 2. The molecule has 0 unspecified atom stereocenters. The maximum atomic E-state index is 11.7. The lowest BCUT2D eigenvalue weighted by Gasteiger charge is -2.15. The Kier molecular flexibility index (Phi) is 4.19. The molecule has 1 aromatic heterocycles. The quantitative estimate of drug-likeness (QED) is 0.851. The molecule has 7 heteroatoms. The third-order valence-corrected chi connectivity index (χ3v) is 3.23. The van der Waals surface area contributed by atoms with Gasteiger partial charge in [-0.1, -0.05) is 0 Å². The highest BCUT2D eigenvalue weighted by molar-refractivity contribution is 5.93. The van der Waals surface area contributed by atoms with Crippen molar-refractivity contribution in [2.75, 3.05) is 6.54 Å². The summed E-state index contributed by atoms with van der Waals surface area (Å²) < 4.78 is 5.02. The largest absolute Gasteiger partial charge is 0.506 e. The summed E-state index contributed by atoms with van der Waals surface area (Å²) in [6.07, 6.45) is 1.71. The molecule has 1 aliphatic rings. The Balaban J connectivity index is 2.06. The number of rotatable bonds is 3. The highest BCUT2D eigenvalue weighted by Gasteiger charge is 2.27. The van der Waals surface area contributed by atoms with Crippen molar-refractivity contribution in [1.29, 1.82) is 0 Å². The van der Waals surface area contributed by atoms with Gasteiger partial charge in [0.05, 0.1) is 12.3 Å². The molecule has 1 aliphatic heterocycles. The van der Waals surface area contributed by atoms with Crippen molar-refractivity contribution in [2.45, 2.75) is 33.0 Å². The number of hydrogen-bond acceptors (Lipinski definition) is 6. The van der Waals surface area contributed by atoms with Gasteiger partial charge in [0.15, 0.2) is 0 Å². The van der Waals surface area contributed by atoms with Crippen LogP contribution >= 0.6 is 0 Å². The molecule has 20 heavy (non-hydrogen) atoms. The summed E-state index contributed by atoms with van der Waals surface area (Å²) in [6.45, 7) is 1.43. The fraction of sp³-hybridized carbons (Fsp3) is 0.462. The fourth-order valence-electron chi connectivity index (χ4n) is 2.04. The number of aryl methyl sites for hydroxylation is 1. The van der Waals surface area contributed by atoms with Crippen molar-refractivity contribution < 1.29 is 24.5 Å². The van der Waals surface area contributed by atoms with Crippen LogP contribution in [-0.4, -0.2) is 38.6 Å². The van der Waals surface area contributed by atoms with Gasteiger partial charge in [0.1, 0.15) is 12.4 Å². The third kappa shape index (κ3) is 2.72. The molecule has 1 saturated heterocycles. The summed E-state index contributed by atoms with van der Waals surface area (Å²) in [5, 5.41) is 19.0. The van der Waals surface area contributed by atoms with Gasteiger partial charge in [-0.15, -0.1) is 0 Å². The monoisotopic (exact) mass is 280 g/mol. The van der Waals surface area contributed by atoms with Crippen molar-refractivity contribution >= 4 is 12.0 Å². The standard InChI is InChI=1S/C13H16N2O5/c1-8-12(18)10(6-16)9(5-14-8)7-20-13(19)15-4-2-3-11(15)17/h5,16,18H,2-4,6-7H2,1H3. The van der Waals surface area contributed by atoms with E-state index in [1.165, 1.54) is 6.20 Å². The molecular formula is C13H16N2O5. The molecular weight excluding hydrogens is 264 g/mol. The molecule has 2 rings (SSSR count). The fourth-order valence-corrected chi connectivity index (χ4v) is 2.04. The number of imide groups is 1. The van der Waals surface area contributed by atoms with Gasteiger partial charge in [-0.05, 0) is 13.3 Å². The van der Waals surface area contributed by atoms with Crippen LogP contribution in [0.1, 0.15) is 29.7 Å². The predicted molar refractivity (Wildman–Crippen MR) is 67.7 cm³/mol. The molecule has 0 bridgehead atoms. The number of carbonyl (C=O) groups is 2. The lowest BCUT2D eigenvalue weighted by atomic mass is 10.1. The first-order valence-corrected chi connectivity index (χ1v) is 6.29. The van der Waals surface area contributed by atoms with Crippen LogP contribution in [0.3, 0.4) is 0 Å². The molecule has 7 nitrogen and oxygen atoms in total. The number of aromatic nitrogens is 1. The van der Waals surface area contributed by atoms with Crippen LogP contribution in [-0.2, 0) is 22.7 Å². The number of aromatic hydroxyl groups is 1. The number of aliphatic hydroxyl groups excluding tert-OH is 1. The lowest BCUT2D eigenvalue weighted by molar-refractivity contribution is -0.126. The smallest absolute Gasteiger partial charge is 0.416 e. The van der Waals surface area contributed by atoms with Crippen molar-refractivity contribution in [3.63, 3.8) is 0 Å². The predicted octanol–water partition coefficient (Wildman–Crippen LogP) is 0.847. The second-order valence-electron chi connectivity index (χ2n) is 4.56. The van der Waals surface area contributed by atoms with E-state index in [4.69, 9.17) is 4.74 Å². The lowest BCUT2D eigenvalue weighted by Crippen LogP contribution is -2.32. The van der Waals surface area contributed by atoms with Crippen molar-refractivity contribution in [1.82, 2.24) is 9.88 Å². The highest BCUT2D eigenvalue weighted by atomic mass is 16.6. The van der Waals surface area contributed by atoms with Gasteiger partial charge in [-0.3, -0.25) is 9.78 Å². The summed E-state index contributed by atoms with van der Waals surface area (Å²) in [6, 6.07) is 0. The Hall–Kier alpha value is -2.15. The van der Waals surface area contributed by atoms with E-state index in [-0.39, 0.29) is 30.4 Å². The number of pyridine rings is 1. The van der Waals surface area contributed by atoms with Crippen LogP contribution in [0, 0.1) is 6.92 Å². The van der Waals surface area contributed by atoms with Crippen LogP contribution in [0.4, 0.5) is 4.79 Å². The molecule has 0 saturated carbocycles. The van der Waals surface area contributed by atoms with Crippen molar-refractivity contribution in [3.05, 3.63) is 23.0 Å². The first-order chi connectivity index (χ1) is 9.54. The van der Waals surface area contributed by atoms with Gasteiger partial charge in [-0.2, -0.15) is 0 Å². The number of hydrogen-bond donors (Lipinski definition) is 2. The number of nitrogens with zero attached hydrogens (tertiary/aromatic N) is 2. The van der Waals surface area contributed by atoms with Crippen LogP contribution in [0.15, 0.2) is 6.20 Å². The van der Waals surface area contributed by atoms with Crippen LogP contribution < -0.4 is 0 Å². The topological polar surface area (TPSA) is 100.0 Å². The second kappa shape index (κ2) is 5.87. The van der Waals surface area contributed by atoms with E-state index in [0.717, 1.165) is 4.90 Å². The Morgan fingerprint density at radius 3 is 2.90 bits per heavy atom. The van der Waals surface area contributed by atoms with Gasteiger partial charge in [0, 0.05) is 30.3 Å². The molecule has 2 heterocycles. The zero-order valence-electron chi connectivity index (χ0n) is 11.1. The van der Waals surface area contributed by atoms with Gasteiger partial charge < -0.3 is 14.9 Å². The Bertz CT molecular complexity index is 544. The number of likely N-dealkylation sites (tertiary alicyclic amines) is 1. The molecule has 0 aliphatic carbocycles. The molecule has 0 atom stereocenters. The Morgan fingerprint density at radius 1 is 1.55 bits per heavy atom. The summed E-state index contributed by atoms with van der Waals surface area (Å²) in [7, 11) is 0. The van der Waals surface area contributed by atoms with E-state index in [0.29, 0.717) is 30.6 Å². The highest BCUT2D eigenvalue weighted by Crippen LogP contribution is 2.24. The number of ether oxygens (including phenoxy) is 1. The van der Waals surface area contributed by atoms with Gasteiger partial charge in [0.25, 0.3) is 0 Å². The average Bonchev–Trinajstić information content (AvgIpc) is 2.86. The first-order valence-electron chi connectivity index (χ1n) is 6.29.